The number of piperidine rings is 1. The van der Waals surface area contributed by atoms with Crippen molar-refractivity contribution in [2.24, 2.45) is 5.92 Å². The molecule has 1 aliphatic carbocycles. The molecule has 104 valence electrons. The van der Waals surface area contributed by atoms with Crippen LogP contribution in [0.1, 0.15) is 57.8 Å². The van der Waals surface area contributed by atoms with Gasteiger partial charge in [-0.2, -0.15) is 0 Å². The Bertz CT molecular complexity index is 253. The van der Waals surface area contributed by atoms with Gasteiger partial charge in [0, 0.05) is 12.0 Å². The van der Waals surface area contributed by atoms with Crippen LogP contribution < -0.4 is 0 Å². The van der Waals surface area contributed by atoms with Gasteiger partial charge in [-0.05, 0) is 51.6 Å². The highest BCUT2D eigenvalue weighted by atomic mass is 16.3. The first-order valence-electron chi connectivity index (χ1n) is 7.86. The average molecular weight is 251 g/mol. The SMILES string of the molecule is C=CCCCN1CCCCC1C1CCCCC1O. The molecule has 3 atom stereocenters. The molecular formula is C16H29NO. The molecule has 0 bridgehead atoms. The zero-order chi connectivity index (χ0) is 12.8. The van der Waals surface area contributed by atoms with Gasteiger partial charge in [0.25, 0.3) is 0 Å². The van der Waals surface area contributed by atoms with Crippen LogP contribution >= 0.6 is 0 Å². The van der Waals surface area contributed by atoms with Crippen LogP contribution in [0.2, 0.25) is 0 Å². The second-order valence-electron chi connectivity index (χ2n) is 6.05. The summed E-state index contributed by atoms with van der Waals surface area (Å²) < 4.78 is 0. The van der Waals surface area contributed by atoms with Crippen molar-refractivity contribution in [2.75, 3.05) is 13.1 Å². The summed E-state index contributed by atoms with van der Waals surface area (Å²) in [5.41, 5.74) is 0. The minimum Gasteiger partial charge on any atom is -0.393 e. The maximum absolute atomic E-state index is 10.3. The van der Waals surface area contributed by atoms with E-state index in [-0.39, 0.29) is 6.10 Å². The number of aliphatic hydroxyl groups is 1. The van der Waals surface area contributed by atoms with Gasteiger partial charge < -0.3 is 10.0 Å². The summed E-state index contributed by atoms with van der Waals surface area (Å²) >= 11 is 0. The van der Waals surface area contributed by atoms with E-state index in [4.69, 9.17) is 0 Å². The highest BCUT2D eigenvalue weighted by Gasteiger charge is 2.35. The summed E-state index contributed by atoms with van der Waals surface area (Å²) in [5, 5.41) is 10.3. The van der Waals surface area contributed by atoms with E-state index < -0.39 is 0 Å². The molecule has 1 saturated carbocycles. The predicted octanol–water partition coefficient (Wildman–Crippen LogP) is 3.36. The number of nitrogens with zero attached hydrogens (tertiary/aromatic N) is 1. The first kappa shape index (κ1) is 14.1. The fourth-order valence-corrected chi connectivity index (χ4v) is 3.81. The average Bonchev–Trinajstić information content (AvgIpc) is 2.40. The fourth-order valence-electron chi connectivity index (χ4n) is 3.81. The van der Waals surface area contributed by atoms with E-state index in [0.29, 0.717) is 12.0 Å². The number of hydrogen-bond acceptors (Lipinski definition) is 2. The van der Waals surface area contributed by atoms with Gasteiger partial charge in [-0.3, -0.25) is 0 Å². The van der Waals surface area contributed by atoms with Crippen LogP contribution in [0.15, 0.2) is 12.7 Å². The number of hydrogen-bond donors (Lipinski definition) is 1. The van der Waals surface area contributed by atoms with Crippen molar-refractivity contribution in [3.05, 3.63) is 12.7 Å². The standard InChI is InChI=1S/C16H29NO/c1-2-3-7-12-17-13-8-6-10-15(17)14-9-4-5-11-16(14)18/h2,14-16,18H,1,3-13H2. The van der Waals surface area contributed by atoms with Crippen molar-refractivity contribution in [3.8, 4) is 0 Å². The molecule has 0 radical (unpaired) electrons. The number of rotatable bonds is 5. The molecule has 0 spiro atoms. The first-order valence-corrected chi connectivity index (χ1v) is 7.86. The second-order valence-corrected chi connectivity index (χ2v) is 6.05. The van der Waals surface area contributed by atoms with Crippen LogP contribution in [-0.2, 0) is 0 Å². The van der Waals surface area contributed by atoms with Crippen molar-refractivity contribution in [1.82, 2.24) is 4.90 Å². The van der Waals surface area contributed by atoms with E-state index in [1.165, 1.54) is 58.0 Å². The molecule has 0 amide bonds. The lowest BCUT2D eigenvalue weighted by Crippen LogP contribution is -2.48. The third-order valence-corrected chi connectivity index (χ3v) is 4.79. The van der Waals surface area contributed by atoms with E-state index >= 15 is 0 Å². The number of unbranched alkanes of at least 4 members (excludes halogenated alkanes) is 1. The fraction of sp³-hybridized carbons (Fsp3) is 0.875. The minimum absolute atomic E-state index is 0.0382. The molecule has 0 aromatic rings. The summed E-state index contributed by atoms with van der Waals surface area (Å²) in [6.45, 7) is 6.24. The van der Waals surface area contributed by atoms with Gasteiger partial charge in [0.15, 0.2) is 0 Å². The van der Waals surface area contributed by atoms with Crippen molar-refractivity contribution >= 4 is 0 Å². The predicted molar refractivity (Wildman–Crippen MR) is 76.6 cm³/mol. The van der Waals surface area contributed by atoms with Gasteiger partial charge in [0.1, 0.15) is 0 Å². The van der Waals surface area contributed by atoms with Crippen LogP contribution in [0, 0.1) is 5.92 Å². The van der Waals surface area contributed by atoms with Gasteiger partial charge >= 0.3 is 0 Å². The van der Waals surface area contributed by atoms with E-state index in [0.717, 1.165) is 12.8 Å². The van der Waals surface area contributed by atoms with Gasteiger partial charge in [0.05, 0.1) is 6.10 Å². The Hall–Kier alpha value is -0.340. The lowest BCUT2D eigenvalue weighted by Gasteiger charge is -2.43. The highest BCUT2D eigenvalue weighted by Crippen LogP contribution is 2.34. The summed E-state index contributed by atoms with van der Waals surface area (Å²) in [6.07, 6.45) is 13.1. The Morgan fingerprint density at radius 3 is 2.67 bits per heavy atom. The maximum atomic E-state index is 10.3. The Morgan fingerprint density at radius 2 is 1.89 bits per heavy atom. The third kappa shape index (κ3) is 3.58. The van der Waals surface area contributed by atoms with Crippen LogP contribution in [0.5, 0.6) is 0 Å². The zero-order valence-electron chi connectivity index (χ0n) is 11.7. The molecule has 2 nitrogen and oxygen atoms in total. The maximum Gasteiger partial charge on any atom is 0.0583 e. The van der Waals surface area contributed by atoms with Crippen LogP contribution in [0.4, 0.5) is 0 Å². The van der Waals surface area contributed by atoms with Gasteiger partial charge in [-0.1, -0.05) is 25.3 Å². The van der Waals surface area contributed by atoms with Crippen molar-refractivity contribution < 1.29 is 5.11 Å². The van der Waals surface area contributed by atoms with E-state index in [1.807, 2.05) is 6.08 Å². The summed E-state index contributed by atoms with van der Waals surface area (Å²) in [4.78, 5) is 2.66. The summed E-state index contributed by atoms with van der Waals surface area (Å²) in [5.74, 6) is 0.544. The van der Waals surface area contributed by atoms with Crippen LogP contribution in [0.3, 0.4) is 0 Å². The third-order valence-electron chi connectivity index (χ3n) is 4.79. The van der Waals surface area contributed by atoms with Crippen molar-refractivity contribution in [2.45, 2.75) is 69.9 Å². The van der Waals surface area contributed by atoms with Crippen LogP contribution in [-0.4, -0.2) is 35.2 Å². The molecule has 0 aromatic heterocycles. The number of likely N-dealkylation sites (tertiary alicyclic amines) is 1. The van der Waals surface area contributed by atoms with E-state index in [1.54, 1.807) is 0 Å². The van der Waals surface area contributed by atoms with Crippen LogP contribution in [0.25, 0.3) is 0 Å². The summed E-state index contributed by atoms with van der Waals surface area (Å²) in [7, 11) is 0. The smallest absolute Gasteiger partial charge is 0.0583 e. The normalized spacial score (nSPS) is 34.4. The molecule has 1 heterocycles. The van der Waals surface area contributed by atoms with Gasteiger partial charge in [-0.25, -0.2) is 0 Å². The largest absolute Gasteiger partial charge is 0.393 e. The molecule has 2 heteroatoms. The molecule has 1 saturated heterocycles. The second kappa shape index (κ2) is 7.30. The lowest BCUT2D eigenvalue weighted by atomic mass is 9.78. The minimum atomic E-state index is -0.0382. The summed E-state index contributed by atoms with van der Waals surface area (Å²) in [6, 6.07) is 0.652. The van der Waals surface area contributed by atoms with Gasteiger partial charge in [-0.15, -0.1) is 6.58 Å². The highest BCUT2D eigenvalue weighted by molar-refractivity contribution is 4.89. The molecule has 18 heavy (non-hydrogen) atoms. The Labute approximate surface area is 112 Å². The Kier molecular flexibility index (Phi) is 5.71. The van der Waals surface area contributed by atoms with Gasteiger partial charge in [0.2, 0.25) is 0 Å². The zero-order valence-corrected chi connectivity index (χ0v) is 11.7. The monoisotopic (exact) mass is 251 g/mol. The van der Waals surface area contributed by atoms with Crippen molar-refractivity contribution in [1.29, 1.82) is 0 Å². The number of aliphatic hydroxyl groups excluding tert-OH is 1. The molecule has 1 N–H and O–H groups in total. The molecular weight excluding hydrogens is 222 g/mol. The van der Waals surface area contributed by atoms with Crippen molar-refractivity contribution in [3.63, 3.8) is 0 Å². The Morgan fingerprint density at radius 1 is 1.11 bits per heavy atom. The number of allylic oxidation sites excluding steroid dienone is 1. The topological polar surface area (TPSA) is 23.5 Å². The first-order chi connectivity index (χ1) is 8.83. The Balaban J connectivity index is 1.91. The van der Waals surface area contributed by atoms with E-state index in [9.17, 15) is 5.11 Å². The lowest BCUT2D eigenvalue weighted by molar-refractivity contribution is -0.00573. The molecule has 1 aliphatic heterocycles. The molecule has 3 unspecified atom stereocenters. The molecule has 2 aliphatic rings. The molecule has 0 aromatic carbocycles. The quantitative estimate of drug-likeness (QED) is 0.598. The molecule has 2 fully saturated rings. The molecule has 2 rings (SSSR count). The van der Waals surface area contributed by atoms with E-state index in [2.05, 4.69) is 11.5 Å².